The highest BCUT2D eigenvalue weighted by Crippen LogP contribution is 2.24. The summed E-state index contributed by atoms with van der Waals surface area (Å²) >= 11 is 0. The zero-order valence-corrected chi connectivity index (χ0v) is 9.20. The SMILES string of the molecule is CCc1ccc(-c2ccn(C(F)(F)F)n2)cc1. The fourth-order valence-electron chi connectivity index (χ4n) is 1.53. The van der Waals surface area contributed by atoms with Crippen molar-refractivity contribution in [2.75, 3.05) is 0 Å². The van der Waals surface area contributed by atoms with E-state index in [2.05, 4.69) is 5.10 Å². The minimum Gasteiger partial charge on any atom is -0.178 e. The molecule has 0 aliphatic heterocycles. The van der Waals surface area contributed by atoms with Gasteiger partial charge in [0.15, 0.2) is 0 Å². The van der Waals surface area contributed by atoms with Gasteiger partial charge in [0, 0.05) is 11.8 Å². The van der Waals surface area contributed by atoms with E-state index in [9.17, 15) is 13.2 Å². The topological polar surface area (TPSA) is 17.8 Å². The Bertz CT molecular complexity index is 497. The first kappa shape index (κ1) is 11.7. The van der Waals surface area contributed by atoms with Gasteiger partial charge in [0.25, 0.3) is 0 Å². The molecule has 0 N–H and O–H groups in total. The normalized spacial score (nSPS) is 11.8. The van der Waals surface area contributed by atoms with Crippen molar-refractivity contribution >= 4 is 0 Å². The van der Waals surface area contributed by atoms with Crippen molar-refractivity contribution in [3.8, 4) is 11.3 Å². The van der Waals surface area contributed by atoms with Gasteiger partial charge in [0.2, 0.25) is 0 Å². The maximum Gasteiger partial charge on any atom is 0.504 e. The summed E-state index contributed by atoms with van der Waals surface area (Å²) in [6.07, 6.45) is -2.64. The lowest BCUT2D eigenvalue weighted by Gasteiger charge is -2.04. The Morgan fingerprint density at radius 2 is 1.76 bits per heavy atom. The fraction of sp³-hybridized carbons (Fsp3) is 0.250. The van der Waals surface area contributed by atoms with E-state index in [-0.39, 0.29) is 4.68 Å². The van der Waals surface area contributed by atoms with Crippen molar-refractivity contribution in [1.29, 1.82) is 0 Å². The number of hydrogen-bond donors (Lipinski definition) is 0. The Balaban J connectivity index is 2.30. The minimum absolute atomic E-state index is 0.00999. The van der Waals surface area contributed by atoms with E-state index in [0.29, 0.717) is 11.3 Å². The van der Waals surface area contributed by atoms with Crippen LogP contribution >= 0.6 is 0 Å². The van der Waals surface area contributed by atoms with Gasteiger partial charge in [-0.15, -0.1) is 13.2 Å². The molecular weight excluding hydrogens is 229 g/mol. The quantitative estimate of drug-likeness (QED) is 0.784. The van der Waals surface area contributed by atoms with Crippen LogP contribution in [-0.2, 0) is 12.7 Å². The molecule has 0 radical (unpaired) electrons. The Morgan fingerprint density at radius 3 is 2.24 bits per heavy atom. The molecule has 1 aromatic heterocycles. The molecule has 0 amide bonds. The summed E-state index contributed by atoms with van der Waals surface area (Å²) in [7, 11) is 0. The molecule has 2 aromatic rings. The molecule has 2 rings (SSSR count). The fourth-order valence-corrected chi connectivity index (χ4v) is 1.53. The van der Waals surface area contributed by atoms with Crippen LogP contribution in [0.2, 0.25) is 0 Å². The summed E-state index contributed by atoms with van der Waals surface area (Å²) < 4.78 is 37.0. The van der Waals surface area contributed by atoms with Crippen LogP contribution in [0, 0.1) is 0 Å². The van der Waals surface area contributed by atoms with E-state index >= 15 is 0 Å². The zero-order valence-electron chi connectivity index (χ0n) is 9.20. The standard InChI is InChI=1S/C12H11F3N2/c1-2-9-3-5-10(6-4-9)11-7-8-17(16-11)12(13,14)15/h3-8H,2H2,1H3. The van der Waals surface area contributed by atoms with E-state index in [1.165, 1.54) is 6.07 Å². The molecule has 1 heterocycles. The van der Waals surface area contributed by atoms with Crippen molar-refractivity contribution in [2.24, 2.45) is 0 Å². The molecule has 0 atom stereocenters. The number of rotatable bonds is 2. The third-order valence-electron chi connectivity index (χ3n) is 2.51. The second-order valence-corrected chi connectivity index (χ2v) is 3.66. The van der Waals surface area contributed by atoms with E-state index in [4.69, 9.17) is 0 Å². The number of hydrogen-bond acceptors (Lipinski definition) is 1. The van der Waals surface area contributed by atoms with Crippen molar-refractivity contribution in [2.45, 2.75) is 19.6 Å². The average Bonchev–Trinajstić information content (AvgIpc) is 2.78. The molecule has 1 aromatic carbocycles. The second-order valence-electron chi connectivity index (χ2n) is 3.66. The Morgan fingerprint density at radius 1 is 1.12 bits per heavy atom. The van der Waals surface area contributed by atoms with Gasteiger partial charge in [0.05, 0.1) is 5.69 Å². The first-order valence-corrected chi connectivity index (χ1v) is 5.23. The van der Waals surface area contributed by atoms with Gasteiger partial charge in [-0.25, -0.2) is 0 Å². The lowest BCUT2D eigenvalue weighted by atomic mass is 10.1. The largest absolute Gasteiger partial charge is 0.504 e. The summed E-state index contributed by atoms with van der Waals surface area (Å²) in [6, 6.07) is 8.70. The van der Waals surface area contributed by atoms with Crippen LogP contribution in [0.4, 0.5) is 13.2 Å². The molecule has 0 fully saturated rings. The van der Waals surface area contributed by atoms with Crippen molar-refractivity contribution < 1.29 is 13.2 Å². The molecule has 0 bridgehead atoms. The highest BCUT2D eigenvalue weighted by Gasteiger charge is 2.31. The molecule has 5 heteroatoms. The number of nitrogens with zero attached hydrogens (tertiary/aromatic N) is 2. The molecule has 0 aliphatic rings. The first-order chi connectivity index (χ1) is 8.00. The maximum atomic E-state index is 12.3. The molecule has 0 spiro atoms. The van der Waals surface area contributed by atoms with E-state index in [1.807, 2.05) is 19.1 Å². The van der Waals surface area contributed by atoms with E-state index in [0.717, 1.165) is 18.2 Å². The Labute approximate surface area is 96.7 Å². The molecular formula is C12H11F3N2. The highest BCUT2D eigenvalue weighted by atomic mass is 19.4. The molecule has 17 heavy (non-hydrogen) atoms. The summed E-state index contributed by atoms with van der Waals surface area (Å²) in [5.41, 5.74) is 2.15. The molecule has 90 valence electrons. The van der Waals surface area contributed by atoms with Crippen LogP contribution in [0.5, 0.6) is 0 Å². The molecule has 0 saturated heterocycles. The second kappa shape index (κ2) is 4.24. The molecule has 0 saturated carbocycles. The molecule has 0 unspecified atom stereocenters. The lowest BCUT2D eigenvalue weighted by molar-refractivity contribution is -0.212. The van der Waals surface area contributed by atoms with Crippen LogP contribution in [0.1, 0.15) is 12.5 Å². The van der Waals surface area contributed by atoms with Gasteiger partial charge in [-0.05, 0) is 18.1 Å². The van der Waals surface area contributed by atoms with Gasteiger partial charge in [-0.1, -0.05) is 31.2 Å². The van der Waals surface area contributed by atoms with Crippen molar-refractivity contribution in [3.63, 3.8) is 0 Å². The number of aryl methyl sites for hydroxylation is 1. The van der Waals surface area contributed by atoms with E-state index < -0.39 is 6.30 Å². The average molecular weight is 240 g/mol. The maximum absolute atomic E-state index is 12.3. The highest BCUT2D eigenvalue weighted by molar-refractivity contribution is 5.58. The van der Waals surface area contributed by atoms with Gasteiger partial charge in [0.1, 0.15) is 0 Å². The van der Waals surface area contributed by atoms with Crippen molar-refractivity contribution in [1.82, 2.24) is 9.78 Å². The zero-order chi connectivity index (χ0) is 12.5. The third-order valence-corrected chi connectivity index (χ3v) is 2.51. The number of alkyl halides is 3. The van der Waals surface area contributed by atoms with Crippen LogP contribution in [0.25, 0.3) is 11.3 Å². The summed E-state index contributed by atoms with van der Waals surface area (Å²) in [4.78, 5) is 0. The summed E-state index contributed by atoms with van der Waals surface area (Å²) in [6.45, 7) is 2.02. The third kappa shape index (κ3) is 2.49. The summed E-state index contributed by atoms with van der Waals surface area (Å²) in [5.74, 6) is 0. The predicted octanol–water partition coefficient (Wildman–Crippen LogP) is 3.59. The van der Waals surface area contributed by atoms with Crippen LogP contribution in [-0.4, -0.2) is 9.78 Å². The Hall–Kier alpha value is -1.78. The van der Waals surface area contributed by atoms with Gasteiger partial charge in [-0.3, -0.25) is 0 Å². The van der Waals surface area contributed by atoms with Crippen LogP contribution in [0.3, 0.4) is 0 Å². The predicted molar refractivity (Wildman–Crippen MR) is 58.3 cm³/mol. The van der Waals surface area contributed by atoms with Crippen LogP contribution in [0.15, 0.2) is 36.5 Å². The number of halogens is 3. The smallest absolute Gasteiger partial charge is 0.178 e. The lowest BCUT2D eigenvalue weighted by Crippen LogP contribution is -2.16. The number of benzene rings is 1. The van der Waals surface area contributed by atoms with Crippen molar-refractivity contribution in [3.05, 3.63) is 42.1 Å². The molecule has 2 nitrogen and oxygen atoms in total. The summed E-state index contributed by atoms with van der Waals surface area (Å²) in [5, 5.41) is 3.50. The minimum atomic E-state index is -4.46. The first-order valence-electron chi connectivity index (χ1n) is 5.23. The van der Waals surface area contributed by atoms with Gasteiger partial charge in [-0.2, -0.15) is 9.78 Å². The molecule has 0 aliphatic carbocycles. The van der Waals surface area contributed by atoms with Crippen LogP contribution < -0.4 is 0 Å². The number of aromatic nitrogens is 2. The monoisotopic (exact) mass is 240 g/mol. The Kier molecular flexibility index (Phi) is 2.92. The van der Waals surface area contributed by atoms with Gasteiger partial charge >= 0.3 is 6.30 Å². The van der Waals surface area contributed by atoms with Gasteiger partial charge < -0.3 is 0 Å². The van der Waals surface area contributed by atoms with E-state index in [1.54, 1.807) is 12.1 Å².